The lowest BCUT2D eigenvalue weighted by molar-refractivity contribution is 0.195. The summed E-state index contributed by atoms with van der Waals surface area (Å²) in [6, 6.07) is 0. The van der Waals surface area contributed by atoms with E-state index >= 15 is 0 Å². The Bertz CT molecular complexity index is 229. The van der Waals surface area contributed by atoms with Gasteiger partial charge in [0.1, 0.15) is 5.82 Å². The average molecular weight is 126 g/mol. The van der Waals surface area contributed by atoms with Crippen molar-refractivity contribution in [3.05, 3.63) is 18.2 Å². The molecule has 0 radical (unpaired) electrons. The first-order valence-corrected chi connectivity index (χ1v) is 2.45. The van der Waals surface area contributed by atoms with Gasteiger partial charge in [0.05, 0.1) is 0 Å². The zero-order valence-corrected chi connectivity index (χ0v) is 4.90. The van der Waals surface area contributed by atoms with Crippen LogP contribution in [0.15, 0.2) is 12.4 Å². The fraction of sp³-hybridized carbons (Fsp3) is 0.200. The third-order valence-corrected chi connectivity index (χ3v) is 1.03. The zero-order chi connectivity index (χ0) is 6.85. The maximum atomic E-state index is 10.2. The molecule has 0 aliphatic carbocycles. The van der Waals surface area contributed by atoms with Gasteiger partial charge in [-0.3, -0.25) is 0 Å². The maximum Gasteiger partial charge on any atom is 0.416 e. The molecule has 0 bridgehead atoms. The van der Waals surface area contributed by atoms with Crippen LogP contribution in [0.5, 0.6) is 0 Å². The Kier molecular flexibility index (Phi) is 1.22. The summed E-state index contributed by atoms with van der Waals surface area (Å²) in [5.74, 6) is 0.488. The van der Waals surface area contributed by atoms with E-state index in [4.69, 9.17) is 5.11 Å². The van der Waals surface area contributed by atoms with Gasteiger partial charge in [-0.05, 0) is 6.92 Å². The number of aromatic nitrogens is 2. The number of rotatable bonds is 0. The van der Waals surface area contributed by atoms with E-state index in [1.807, 2.05) is 0 Å². The molecule has 4 heteroatoms. The summed E-state index contributed by atoms with van der Waals surface area (Å²) >= 11 is 0. The van der Waals surface area contributed by atoms with Gasteiger partial charge in [0, 0.05) is 12.4 Å². The van der Waals surface area contributed by atoms with E-state index in [1.165, 1.54) is 12.4 Å². The van der Waals surface area contributed by atoms with Crippen molar-refractivity contribution in [1.29, 1.82) is 0 Å². The molecule has 4 nitrogen and oxygen atoms in total. The van der Waals surface area contributed by atoms with Crippen molar-refractivity contribution in [3.63, 3.8) is 0 Å². The Hall–Kier alpha value is -1.32. The van der Waals surface area contributed by atoms with Crippen LogP contribution in [0.2, 0.25) is 0 Å². The molecule has 1 aromatic heterocycles. The molecule has 0 spiro atoms. The van der Waals surface area contributed by atoms with Gasteiger partial charge in [0.15, 0.2) is 0 Å². The third-order valence-electron chi connectivity index (χ3n) is 1.03. The predicted octanol–water partition coefficient (Wildman–Crippen LogP) is 0.718. The van der Waals surface area contributed by atoms with Crippen LogP contribution in [-0.4, -0.2) is 20.8 Å². The molecule has 1 rings (SSSR count). The molecular formula is C5H6N2O2. The largest absolute Gasteiger partial charge is 0.464 e. The minimum Gasteiger partial charge on any atom is -0.464 e. The number of imidazole rings is 1. The SMILES string of the molecule is Cc1nccn1C(=O)O. The van der Waals surface area contributed by atoms with Crippen molar-refractivity contribution < 1.29 is 9.90 Å². The second-order valence-electron chi connectivity index (χ2n) is 1.63. The van der Waals surface area contributed by atoms with Crippen LogP contribution in [0.1, 0.15) is 5.82 Å². The Labute approximate surface area is 51.8 Å². The molecule has 0 saturated heterocycles. The van der Waals surface area contributed by atoms with E-state index in [0.717, 1.165) is 4.57 Å². The van der Waals surface area contributed by atoms with E-state index in [1.54, 1.807) is 6.92 Å². The van der Waals surface area contributed by atoms with E-state index in [9.17, 15) is 4.79 Å². The molecular weight excluding hydrogens is 120 g/mol. The van der Waals surface area contributed by atoms with Gasteiger partial charge >= 0.3 is 6.09 Å². The number of nitrogens with zero attached hydrogens (tertiary/aromatic N) is 2. The Morgan fingerprint density at radius 1 is 1.89 bits per heavy atom. The van der Waals surface area contributed by atoms with Crippen LogP contribution >= 0.6 is 0 Å². The van der Waals surface area contributed by atoms with Crippen LogP contribution < -0.4 is 0 Å². The van der Waals surface area contributed by atoms with Gasteiger partial charge in [-0.15, -0.1) is 0 Å². The van der Waals surface area contributed by atoms with Crippen LogP contribution in [0.4, 0.5) is 4.79 Å². The molecule has 0 amide bonds. The van der Waals surface area contributed by atoms with E-state index in [0.29, 0.717) is 5.82 Å². The molecule has 0 aliphatic heterocycles. The summed E-state index contributed by atoms with van der Waals surface area (Å²) in [5.41, 5.74) is 0. The number of carbonyl (C=O) groups is 1. The molecule has 9 heavy (non-hydrogen) atoms. The monoisotopic (exact) mass is 126 g/mol. The lowest BCUT2D eigenvalue weighted by Gasteiger charge is -1.92. The molecule has 1 aromatic rings. The molecule has 0 saturated carbocycles. The fourth-order valence-electron chi connectivity index (χ4n) is 0.580. The summed E-state index contributed by atoms with van der Waals surface area (Å²) in [6.07, 6.45) is 1.85. The van der Waals surface area contributed by atoms with E-state index < -0.39 is 6.09 Å². The molecule has 0 fully saturated rings. The summed E-state index contributed by atoms with van der Waals surface area (Å²) in [6.45, 7) is 1.63. The number of carboxylic acid groups (broad SMARTS) is 1. The highest BCUT2D eigenvalue weighted by Crippen LogP contribution is 1.92. The first kappa shape index (κ1) is 5.81. The zero-order valence-electron chi connectivity index (χ0n) is 4.90. The number of hydrogen-bond acceptors (Lipinski definition) is 2. The van der Waals surface area contributed by atoms with Crippen molar-refractivity contribution in [2.24, 2.45) is 0 Å². The van der Waals surface area contributed by atoms with E-state index in [2.05, 4.69) is 4.98 Å². The van der Waals surface area contributed by atoms with Gasteiger partial charge in [0.2, 0.25) is 0 Å². The standard InChI is InChI=1S/C5H6N2O2/c1-4-6-2-3-7(4)5(8)9/h2-3H,1H3,(H,8,9). The Morgan fingerprint density at radius 2 is 2.56 bits per heavy atom. The molecule has 0 aromatic carbocycles. The average Bonchev–Trinajstić information content (AvgIpc) is 2.13. The van der Waals surface area contributed by atoms with Gasteiger partial charge in [-0.25, -0.2) is 14.3 Å². The predicted molar refractivity (Wildman–Crippen MR) is 30.4 cm³/mol. The van der Waals surface area contributed by atoms with Gasteiger partial charge in [-0.2, -0.15) is 0 Å². The molecule has 0 aliphatic rings. The van der Waals surface area contributed by atoms with Crippen LogP contribution in [-0.2, 0) is 0 Å². The first-order chi connectivity index (χ1) is 4.22. The van der Waals surface area contributed by atoms with Gasteiger partial charge in [0.25, 0.3) is 0 Å². The molecule has 48 valence electrons. The van der Waals surface area contributed by atoms with Crippen LogP contribution in [0.25, 0.3) is 0 Å². The Morgan fingerprint density at radius 3 is 2.78 bits per heavy atom. The van der Waals surface area contributed by atoms with Crippen molar-refractivity contribution >= 4 is 6.09 Å². The summed E-state index contributed by atoms with van der Waals surface area (Å²) < 4.78 is 1.06. The molecule has 0 atom stereocenters. The minimum atomic E-state index is -0.995. The third kappa shape index (κ3) is 0.910. The first-order valence-electron chi connectivity index (χ1n) is 2.45. The molecule has 0 unspecified atom stereocenters. The van der Waals surface area contributed by atoms with Crippen molar-refractivity contribution in [3.8, 4) is 0 Å². The number of hydrogen-bond donors (Lipinski definition) is 1. The van der Waals surface area contributed by atoms with E-state index in [-0.39, 0.29) is 0 Å². The second-order valence-corrected chi connectivity index (χ2v) is 1.63. The van der Waals surface area contributed by atoms with Crippen molar-refractivity contribution in [2.45, 2.75) is 6.92 Å². The summed E-state index contributed by atoms with van der Waals surface area (Å²) in [4.78, 5) is 13.9. The highest BCUT2D eigenvalue weighted by atomic mass is 16.4. The summed E-state index contributed by atoms with van der Waals surface area (Å²) in [7, 11) is 0. The highest BCUT2D eigenvalue weighted by Gasteiger charge is 2.01. The lowest BCUT2D eigenvalue weighted by Crippen LogP contribution is -2.07. The maximum absolute atomic E-state index is 10.2. The van der Waals surface area contributed by atoms with Crippen LogP contribution in [0.3, 0.4) is 0 Å². The quantitative estimate of drug-likeness (QED) is 0.557. The summed E-state index contributed by atoms with van der Waals surface area (Å²) in [5, 5.41) is 8.38. The van der Waals surface area contributed by atoms with Gasteiger partial charge in [-0.1, -0.05) is 0 Å². The van der Waals surface area contributed by atoms with Crippen molar-refractivity contribution in [1.82, 2.24) is 9.55 Å². The highest BCUT2D eigenvalue weighted by molar-refractivity contribution is 5.68. The Balaban J connectivity index is 3.08. The topological polar surface area (TPSA) is 55.1 Å². The molecule has 1 N–H and O–H groups in total. The molecule has 1 heterocycles. The number of aryl methyl sites for hydroxylation is 1. The van der Waals surface area contributed by atoms with Gasteiger partial charge < -0.3 is 5.11 Å². The van der Waals surface area contributed by atoms with Crippen molar-refractivity contribution in [2.75, 3.05) is 0 Å². The smallest absolute Gasteiger partial charge is 0.416 e. The minimum absolute atomic E-state index is 0.488. The van der Waals surface area contributed by atoms with Crippen LogP contribution in [0, 0.1) is 6.92 Å². The fourth-order valence-corrected chi connectivity index (χ4v) is 0.580. The lowest BCUT2D eigenvalue weighted by atomic mass is 10.7. The normalized spacial score (nSPS) is 9.44. The second kappa shape index (κ2) is 1.89.